The van der Waals surface area contributed by atoms with E-state index in [0.29, 0.717) is 28.6 Å². The molecular formula is C23H18O8. The summed E-state index contributed by atoms with van der Waals surface area (Å²) in [5.41, 5.74) is 0.367. The Morgan fingerprint density at radius 2 is 1.52 bits per heavy atom. The summed E-state index contributed by atoms with van der Waals surface area (Å²) in [4.78, 5) is 23.2. The maximum absolute atomic E-state index is 12.0. The Kier molecular flexibility index (Phi) is 5.36. The Balaban J connectivity index is 1.64. The smallest absolute Gasteiger partial charge is 0.343 e. The van der Waals surface area contributed by atoms with Crippen LogP contribution >= 0.6 is 0 Å². The van der Waals surface area contributed by atoms with Crippen molar-refractivity contribution in [2.75, 3.05) is 6.79 Å². The fraction of sp³-hybridized carbons (Fsp3) is 0.130. The summed E-state index contributed by atoms with van der Waals surface area (Å²) in [5, 5.41) is 19.0. The van der Waals surface area contributed by atoms with Crippen molar-refractivity contribution in [3.63, 3.8) is 0 Å². The van der Waals surface area contributed by atoms with Gasteiger partial charge in [0.2, 0.25) is 6.79 Å². The van der Waals surface area contributed by atoms with Crippen molar-refractivity contribution in [1.29, 1.82) is 0 Å². The molecule has 31 heavy (non-hydrogen) atoms. The van der Waals surface area contributed by atoms with Gasteiger partial charge in [-0.15, -0.1) is 0 Å². The van der Waals surface area contributed by atoms with Crippen LogP contribution in [0.2, 0.25) is 0 Å². The number of benzene rings is 3. The van der Waals surface area contributed by atoms with Gasteiger partial charge < -0.3 is 29.2 Å². The molecule has 3 aromatic carbocycles. The fourth-order valence-electron chi connectivity index (χ4n) is 3.08. The third-order valence-electron chi connectivity index (χ3n) is 4.73. The molecule has 3 aromatic rings. The Morgan fingerprint density at radius 3 is 2.19 bits per heavy atom. The van der Waals surface area contributed by atoms with Crippen LogP contribution in [0, 0.1) is 0 Å². The second-order valence-electron chi connectivity index (χ2n) is 6.79. The molecule has 0 aromatic heterocycles. The summed E-state index contributed by atoms with van der Waals surface area (Å²) in [6, 6.07) is 16.1. The summed E-state index contributed by atoms with van der Waals surface area (Å²) in [5.74, 6) is -1.02. The average Bonchev–Trinajstić information content (AvgIpc) is 3.21. The zero-order valence-corrected chi connectivity index (χ0v) is 16.4. The first-order valence-electron chi connectivity index (χ1n) is 9.37. The molecule has 1 heterocycles. The molecule has 4 rings (SSSR count). The molecule has 0 radical (unpaired) electrons. The highest BCUT2D eigenvalue weighted by Gasteiger charge is 2.21. The van der Waals surface area contributed by atoms with Crippen LogP contribution in [0.1, 0.15) is 28.8 Å². The van der Waals surface area contributed by atoms with Crippen molar-refractivity contribution >= 4 is 11.9 Å². The number of rotatable bonds is 7. The van der Waals surface area contributed by atoms with E-state index in [-0.39, 0.29) is 23.9 Å². The van der Waals surface area contributed by atoms with Crippen LogP contribution in [0.15, 0.2) is 60.7 Å². The molecule has 2 N–H and O–H groups in total. The van der Waals surface area contributed by atoms with E-state index in [9.17, 15) is 19.8 Å². The fourth-order valence-corrected chi connectivity index (χ4v) is 3.08. The first-order valence-corrected chi connectivity index (χ1v) is 9.37. The number of aliphatic carboxylic acids is 1. The van der Waals surface area contributed by atoms with Gasteiger partial charge in [0.25, 0.3) is 0 Å². The molecular weight excluding hydrogens is 404 g/mol. The monoisotopic (exact) mass is 422 g/mol. The minimum atomic E-state index is -1.23. The molecule has 0 spiro atoms. The summed E-state index contributed by atoms with van der Waals surface area (Å²) >= 11 is 0. The van der Waals surface area contributed by atoms with Crippen molar-refractivity contribution in [2.24, 2.45) is 0 Å². The first kappa shape index (κ1) is 20.1. The van der Waals surface area contributed by atoms with Gasteiger partial charge in [-0.2, -0.15) is 0 Å². The molecule has 1 aliphatic heterocycles. The van der Waals surface area contributed by atoms with Crippen LogP contribution in [0.4, 0.5) is 0 Å². The molecule has 8 heteroatoms. The molecule has 158 valence electrons. The Labute approximate surface area is 177 Å². The summed E-state index contributed by atoms with van der Waals surface area (Å²) in [6.07, 6.45) is 0. The summed E-state index contributed by atoms with van der Waals surface area (Å²) in [6.45, 7) is 1.67. The lowest BCUT2D eigenvalue weighted by molar-refractivity contribution is -0.138. The van der Waals surface area contributed by atoms with Crippen molar-refractivity contribution in [3.05, 3.63) is 71.8 Å². The minimum Gasteiger partial charge on any atom is -0.481 e. The van der Waals surface area contributed by atoms with E-state index in [1.165, 1.54) is 12.1 Å². The zero-order chi connectivity index (χ0) is 22.0. The second kappa shape index (κ2) is 8.27. The van der Waals surface area contributed by atoms with E-state index < -0.39 is 17.9 Å². The first-order chi connectivity index (χ1) is 14.9. The van der Waals surface area contributed by atoms with Crippen LogP contribution in [0.5, 0.6) is 34.5 Å². The summed E-state index contributed by atoms with van der Waals surface area (Å²) < 4.78 is 22.2. The lowest BCUT2D eigenvalue weighted by atomic mass is 10.0. The molecule has 1 aliphatic rings. The van der Waals surface area contributed by atoms with Crippen molar-refractivity contribution in [2.45, 2.75) is 12.8 Å². The van der Waals surface area contributed by atoms with Gasteiger partial charge in [0.05, 0.1) is 5.92 Å². The number of carboxylic acids is 2. The predicted molar refractivity (Wildman–Crippen MR) is 109 cm³/mol. The van der Waals surface area contributed by atoms with Crippen molar-refractivity contribution < 1.29 is 38.7 Å². The number of hydrogen-bond donors (Lipinski definition) is 2. The van der Waals surface area contributed by atoms with E-state index in [4.69, 9.17) is 18.9 Å². The summed E-state index contributed by atoms with van der Waals surface area (Å²) in [7, 11) is 0. The Bertz CT molecular complexity index is 1150. The lowest BCUT2D eigenvalue weighted by Gasteiger charge is -2.15. The van der Waals surface area contributed by atoms with Crippen LogP contribution in [0.25, 0.3) is 0 Å². The van der Waals surface area contributed by atoms with Crippen LogP contribution in [0.3, 0.4) is 0 Å². The van der Waals surface area contributed by atoms with Gasteiger partial charge in [-0.25, -0.2) is 4.79 Å². The van der Waals surface area contributed by atoms with Gasteiger partial charge in [0, 0.05) is 6.07 Å². The standard InChI is InChI=1S/C23H18O8/c1-13(22(24)25)14-4-2-5-15(10-14)30-18-6-3-7-19(21(18)23(26)27)31-16-8-9-17-20(11-16)29-12-28-17/h2-11,13H,12H2,1H3,(H,24,25)(H,26,27). The quantitative estimate of drug-likeness (QED) is 0.554. The van der Waals surface area contributed by atoms with Gasteiger partial charge >= 0.3 is 11.9 Å². The van der Waals surface area contributed by atoms with Gasteiger partial charge in [-0.3, -0.25) is 4.79 Å². The Morgan fingerprint density at radius 1 is 0.871 bits per heavy atom. The number of carbonyl (C=O) groups is 2. The zero-order valence-electron chi connectivity index (χ0n) is 16.4. The van der Waals surface area contributed by atoms with E-state index in [0.717, 1.165) is 0 Å². The molecule has 0 saturated carbocycles. The normalized spacial score (nSPS) is 12.8. The molecule has 0 aliphatic carbocycles. The minimum absolute atomic E-state index is 0.0610. The molecule has 8 nitrogen and oxygen atoms in total. The molecule has 1 atom stereocenters. The molecule has 1 unspecified atom stereocenters. The molecule has 0 fully saturated rings. The average molecular weight is 422 g/mol. The van der Waals surface area contributed by atoms with Gasteiger partial charge in [0.15, 0.2) is 11.5 Å². The number of aromatic carboxylic acids is 1. The lowest BCUT2D eigenvalue weighted by Crippen LogP contribution is -2.07. The number of hydrogen-bond acceptors (Lipinski definition) is 6. The van der Waals surface area contributed by atoms with Crippen molar-refractivity contribution in [3.8, 4) is 34.5 Å². The Hall–Kier alpha value is -4.20. The van der Waals surface area contributed by atoms with Gasteiger partial charge in [0.1, 0.15) is 28.6 Å². The van der Waals surface area contributed by atoms with E-state index in [2.05, 4.69) is 0 Å². The van der Waals surface area contributed by atoms with Gasteiger partial charge in [-0.1, -0.05) is 18.2 Å². The third-order valence-corrected chi connectivity index (χ3v) is 4.73. The molecule has 0 amide bonds. The highest BCUT2D eigenvalue weighted by molar-refractivity contribution is 5.94. The third kappa shape index (κ3) is 4.23. The second-order valence-corrected chi connectivity index (χ2v) is 6.79. The van der Waals surface area contributed by atoms with Crippen LogP contribution < -0.4 is 18.9 Å². The highest BCUT2D eigenvalue weighted by Crippen LogP contribution is 2.39. The highest BCUT2D eigenvalue weighted by atomic mass is 16.7. The maximum Gasteiger partial charge on any atom is 0.343 e. The molecule has 0 bridgehead atoms. The predicted octanol–water partition coefficient (Wildman–Crippen LogP) is 4.89. The maximum atomic E-state index is 12.0. The number of carboxylic acid groups (broad SMARTS) is 2. The van der Waals surface area contributed by atoms with E-state index in [1.807, 2.05) is 0 Å². The number of ether oxygens (including phenoxy) is 4. The largest absolute Gasteiger partial charge is 0.481 e. The van der Waals surface area contributed by atoms with Crippen LogP contribution in [-0.2, 0) is 4.79 Å². The van der Waals surface area contributed by atoms with E-state index >= 15 is 0 Å². The van der Waals surface area contributed by atoms with Gasteiger partial charge in [-0.05, 0) is 48.9 Å². The number of fused-ring (bicyclic) bond motifs is 1. The van der Waals surface area contributed by atoms with Crippen LogP contribution in [-0.4, -0.2) is 28.9 Å². The molecule has 0 saturated heterocycles. The van der Waals surface area contributed by atoms with E-state index in [1.54, 1.807) is 55.5 Å². The SMILES string of the molecule is CC(C(=O)O)c1cccc(Oc2cccc(Oc3ccc4c(c3)OCO4)c2C(=O)O)c1. The van der Waals surface area contributed by atoms with Crippen molar-refractivity contribution in [1.82, 2.24) is 0 Å². The topological polar surface area (TPSA) is 112 Å².